The minimum absolute atomic E-state index is 0.154. The summed E-state index contributed by atoms with van der Waals surface area (Å²) in [6, 6.07) is 4.46. The third kappa shape index (κ3) is 3.47. The molecule has 0 spiro atoms. The second-order valence-corrected chi connectivity index (χ2v) is 8.83. The summed E-state index contributed by atoms with van der Waals surface area (Å²) in [6.07, 6.45) is 2.43. The molecule has 2 aromatic rings. The minimum Gasteiger partial charge on any atom is -0.365 e. The molecule has 4 N–H and O–H groups in total. The van der Waals surface area contributed by atoms with Crippen molar-refractivity contribution >= 4 is 45.8 Å². The molecule has 11 nitrogen and oxygen atoms in total. The van der Waals surface area contributed by atoms with E-state index in [1.807, 2.05) is 0 Å². The van der Waals surface area contributed by atoms with E-state index in [-0.39, 0.29) is 11.3 Å². The fourth-order valence-electron chi connectivity index (χ4n) is 4.02. The van der Waals surface area contributed by atoms with E-state index in [1.54, 1.807) is 0 Å². The van der Waals surface area contributed by atoms with Crippen molar-refractivity contribution < 1.29 is 24.1 Å². The van der Waals surface area contributed by atoms with Crippen molar-refractivity contribution in [2.45, 2.75) is 31.7 Å². The number of nitrogens with two attached hydrogens (primary N) is 1. The Bertz CT molecular complexity index is 1170. The Morgan fingerprint density at radius 1 is 1.28 bits per heavy atom. The van der Waals surface area contributed by atoms with Crippen LogP contribution in [0.15, 0.2) is 24.3 Å². The minimum atomic E-state index is -1.48. The molecule has 1 aliphatic carbocycles. The van der Waals surface area contributed by atoms with E-state index in [4.69, 9.17) is 5.73 Å². The van der Waals surface area contributed by atoms with Crippen LogP contribution in [0.25, 0.3) is 0 Å². The van der Waals surface area contributed by atoms with Crippen molar-refractivity contribution in [3.8, 4) is 0 Å². The number of imide groups is 1. The van der Waals surface area contributed by atoms with Gasteiger partial charge in [-0.2, -0.15) is 0 Å². The SMILES string of the molecule is CC1(c2ccc([N+](=O)[O-])cc2)NC(=O)N(CC(=O)Nc2sc3c(c2C(N)=O)CCC3)C1=O. The zero-order valence-corrected chi connectivity index (χ0v) is 17.8. The summed E-state index contributed by atoms with van der Waals surface area (Å²) in [7, 11) is 0. The molecule has 1 aromatic carbocycles. The van der Waals surface area contributed by atoms with Crippen molar-refractivity contribution in [3.63, 3.8) is 0 Å². The molecule has 1 unspecified atom stereocenters. The van der Waals surface area contributed by atoms with Crippen LogP contribution >= 0.6 is 11.3 Å². The fraction of sp³-hybridized carbons (Fsp3) is 0.300. The smallest absolute Gasteiger partial charge is 0.325 e. The molecule has 1 saturated heterocycles. The van der Waals surface area contributed by atoms with E-state index in [1.165, 1.54) is 42.5 Å². The number of benzene rings is 1. The number of carbonyl (C=O) groups excluding carboxylic acids is 4. The number of non-ortho nitro benzene ring substituents is 1. The average Bonchev–Trinajstić information content (AvgIpc) is 3.37. The average molecular weight is 457 g/mol. The number of anilines is 1. The number of nitrogens with zero attached hydrogens (tertiary/aromatic N) is 2. The van der Waals surface area contributed by atoms with Crippen molar-refractivity contribution in [2.24, 2.45) is 5.73 Å². The predicted molar refractivity (Wildman–Crippen MR) is 114 cm³/mol. The number of primary amides is 1. The highest BCUT2D eigenvalue weighted by Crippen LogP contribution is 2.39. The van der Waals surface area contributed by atoms with E-state index in [0.29, 0.717) is 17.0 Å². The maximum atomic E-state index is 13.0. The summed E-state index contributed by atoms with van der Waals surface area (Å²) in [5.74, 6) is -1.96. The number of nitro groups is 1. The first kappa shape index (κ1) is 21.4. The summed E-state index contributed by atoms with van der Waals surface area (Å²) < 4.78 is 0. The number of nitrogens with one attached hydrogen (secondary N) is 2. The molecular weight excluding hydrogens is 438 g/mol. The van der Waals surface area contributed by atoms with Gasteiger partial charge in [-0.15, -0.1) is 11.3 Å². The van der Waals surface area contributed by atoms with Gasteiger partial charge in [0, 0.05) is 17.0 Å². The number of thiophene rings is 1. The lowest BCUT2D eigenvalue weighted by molar-refractivity contribution is -0.384. The lowest BCUT2D eigenvalue weighted by atomic mass is 9.92. The summed E-state index contributed by atoms with van der Waals surface area (Å²) in [5, 5.41) is 16.3. The van der Waals surface area contributed by atoms with E-state index < -0.39 is 40.8 Å². The van der Waals surface area contributed by atoms with Crippen LogP contribution in [0.1, 0.15) is 39.7 Å². The Morgan fingerprint density at radius 2 is 1.97 bits per heavy atom. The molecule has 0 saturated carbocycles. The number of urea groups is 1. The molecule has 1 aliphatic heterocycles. The second kappa shape index (κ2) is 7.71. The summed E-state index contributed by atoms with van der Waals surface area (Å²) in [6.45, 7) is 0.898. The van der Waals surface area contributed by atoms with Gasteiger partial charge in [-0.1, -0.05) is 0 Å². The van der Waals surface area contributed by atoms with E-state index in [0.717, 1.165) is 28.2 Å². The molecule has 4 rings (SSSR count). The van der Waals surface area contributed by atoms with Crippen LogP contribution in [-0.4, -0.2) is 40.1 Å². The number of carbonyl (C=O) groups is 4. The lowest BCUT2D eigenvalue weighted by Gasteiger charge is -2.22. The lowest BCUT2D eigenvalue weighted by Crippen LogP contribution is -2.42. The number of hydrogen-bond donors (Lipinski definition) is 3. The van der Waals surface area contributed by atoms with Gasteiger partial charge in [0.1, 0.15) is 17.1 Å². The zero-order valence-electron chi connectivity index (χ0n) is 17.0. The van der Waals surface area contributed by atoms with Gasteiger partial charge < -0.3 is 16.4 Å². The maximum absolute atomic E-state index is 13.0. The number of rotatable bonds is 6. The number of nitro benzene ring substituents is 1. The predicted octanol–water partition coefficient (Wildman–Crippen LogP) is 1.65. The van der Waals surface area contributed by atoms with Gasteiger partial charge in [0.05, 0.1) is 10.5 Å². The van der Waals surface area contributed by atoms with Gasteiger partial charge >= 0.3 is 6.03 Å². The van der Waals surface area contributed by atoms with Gasteiger partial charge in [0.15, 0.2) is 0 Å². The highest BCUT2D eigenvalue weighted by molar-refractivity contribution is 7.17. The fourth-order valence-corrected chi connectivity index (χ4v) is 5.33. The molecule has 1 aromatic heterocycles. The Hall–Kier alpha value is -3.80. The van der Waals surface area contributed by atoms with Crippen molar-refractivity contribution in [1.29, 1.82) is 0 Å². The van der Waals surface area contributed by atoms with Crippen molar-refractivity contribution in [3.05, 3.63) is 55.9 Å². The summed E-state index contributed by atoms with van der Waals surface area (Å²) in [5.41, 5.74) is 5.33. The summed E-state index contributed by atoms with van der Waals surface area (Å²) >= 11 is 1.27. The molecule has 12 heteroatoms. The normalized spacial score (nSPS) is 19.6. The molecule has 32 heavy (non-hydrogen) atoms. The maximum Gasteiger partial charge on any atom is 0.325 e. The monoisotopic (exact) mass is 457 g/mol. The summed E-state index contributed by atoms with van der Waals surface area (Å²) in [4.78, 5) is 62.0. The van der Waals surface area contributed by atoms with Crippen molar-refractivity contribution in [2.75, 3.05) is 11.9 Å². The Kier molecular flexibility index (Phi) is 5.17. The standard InChI is InChI=1S/C20H19N5O6S/c1-20(10-5-7-11(8-6-10)25(30)31)18(28)24(19(29)23-20)9-14(26)22-17-15(16(21)27)12-3-2-4-13(12)32-17/h5-8H,2-4,9H2,1H3,(H2,21,27)(H,22,26)(H,23,29). The number of aryl methyl sites for hydroxylation is 1. The third-order valence-electron chi connectivity index (χ3n) is 5.65. The Balaban J connectivity index is 1.51. The topological polar surface area (TPSA) is 165 Å². The number of amides is 5. The van der Waals surface area contributed by atoms with Crippen LogP contribution in [0.3, 0.4) is 0 Å². The van der Waals surface area contributed by atoms with Gasteiger partial charge in [0.2, 0.25) is 5.91 Å². The van der Waals surface area contributed by atoms with Gasteiger partial charge in [-0.3, -0.25) is 29.4 Å². The molecular formula is C20H19N5O6S. The molecule has 2 aliphatic rings. The first-order valence-electron chi connectivity index (χ1n) is 9.75. The van der Waals surface area contributed by atoms with Crippen LogP contribution in [-0.2, 0) is 28.0 Å². The van der Waals surface area contributed by atoms with Crippen LogP contribution < -0.4 is 16.4 Å². The molecule has 0 bridgehead atoms. The van der Waals surface area contributed by atoms with Crippen LogP contribution in [0.5, 0.6) is 0 Å². The van der Waals surface area contributed by atoms with Crippen LogP contribution in [0, 0.1) is 10.1 Å². The highest BCUT2D eigenvalue weighted by Gasteiger charge is 2.49. The van der Waals surface area contributed by atoms with Gasteiger partial charge in [-0.05, 0) is 49.4 Å². The van der Waals surface area contributed by atoms with E-state index >= 15 is 0 Å². The third-order valence-corrected chi connectivity index (χ3v) is 6.86. The number of hydrogen-bond acceptors (Lipinski definition) is 7. The quantitative estimate of drug-likeness (QED) is 0.339. The Morgan fingerprint density at radius 3 is 2.59 bits per heavy atom. The Labute approximate surface area is 185 Å². The van der Waals surface area contributed by atoms with Crippen LogP contribution in [0.2, 0.25) is 0 Å². The van der Waals surface area contributed by atoms with Gasteiger partial charge in [-0.25, -0.2) is 4.79 Å². The largest absolute Gasteiger partial charge is 0.365 e. The molecule has 1 atom stereocenters. The first-order valence-corrected chi connectivity index (χ1v) is 10.6. The zero-order chi connectivity index (χ0) is 23.2. The van der Waals surface area contributed by atoms with Crippen molar-refractivity contribution in [1.82, 2.24) is 10.2 Å². The highest BCUT2D eigenvalue weighted by atomic mass is 32.1. The van der Waals surface area contributed by atoms with E-state index in [2.05, 4.69) is 10.6 Å². The van der Waals surface area contributed by atoms with Crippen LogP contribution in [0.4, 0.5) is 15.5 Å². The second-order valence-electron chi connectivity index (χ2n) is 7.72. The first-order chi connectivity index (χ1) is 15.1. The molecule has 166 valence electrons. The van der Waals surface area contributed by atoms with Gasteiger partial charge in [0.25, 0.3) is 17.5 Å². The molecule has 5 amide bonds. The molecule has 1 fully saturated rings. The van der Waals surface area contributed by atoms with E-state index in [9.17, 15) is 29.3 Å². The molecule has 0 radical (unpaired) electrons. The molecule has 2 heterocycles. The number of fused-ring (bicyclic) bond motifs is 1.